The van der Waals surface area contributed by atoms with E-state index in [4.69, 9.17) is 0 Å². The Hall–Kier alpha value is -1.39. The maximum atomic E-state index is 11.9. The first-order valence-corrected chi connectivity index (χ1v) is 11.2. The van der Waals surface area contributed by atoms with Gasteiger partial charge in [-0.25, -0.2) is 0 Å². The van der Waals surface area contributed by atoms with Crippen LogP contribution in [0.1, 0.15) is 44.2 Å². The van der Waals surface area contributed by atoms with E-state index in [0.29, 0.717) is 12.3 Å². The van der Waals surface area contributed by atoms with Gasteiger partial charge in [0.1, 0.15) is 5.78 Å². The second kappa shape index (κ2) is 9.89. The first-order valence-electron chi connectivity index (χ1n) is 11.2. The molecule has 2 fully saturated rings. The zero-order valence-electron chi connectivity index (χ0n) is 18.4. The second-order valence-corrected chi connectivity index (χ2v) is 9.18. The maximum Gasteiger partial charge on any atom is 0.149 e. The number of rotatable bonds is 7. The van der Waals surface area contributed by atoms with Crippen molar-refractivity contribution in [1.29, 1.82) is 0 Å². The molecule has 28 heavy (non-hydrogen) atoms. The van der Waals surface area contributed by atoms with Gasteiger partial charge in [-0.05, 0) is 75.9 Å². The van der Waals surface area contributed by atoms with E-state index < -0.39 is 0 Å². The molecule has 0 N–H and O–H groups in total. The second-order valence-electron chi connectivity index (χ2n) is 9.18. The van der Waals surface area contributed by atoms with Crippen LogP contribution in [0.25, 0.3) is 0 Å². The van der Waals surface area contributed by atoms with E-state index in [9.17, 15) is 4.79 Å². The molecule has 0 spiro atoms. The van der Waals surface area contributed by atoms with Crippen molar-refractivity contribution in [1.82, 2.24) is 9.80 Å². The molecule has 3 rings (SSSR count). The summed E-state index contributed by atoms with van der Waals surface area (Å²) < 4.78 is 0. The van der Waals surface area contributed by atoms with Gasteiger partial charge in [-0.15, -0.1) is 0 Å². The van der Waals surface area contributed by atoms with Crippen molar-refractivity contribution in [3.8, 4) is 0 Å². The zero-order chi connectivity index (χ0) is 20.1. The van der Waals surface area contributed by atoms with Gasteiger partial charge in [0.05, 0.1) is 6.54 Å². The number of aryl methyl sites for hydroxylation is 1. The monoisotopic (exact) mass is 385 g/mol. The summed E-state index contributed by atoms with van der Waals surface area (Å²) in [6, 6.07) is 6.67. The molecule has 156 valence electrons. The Morgan fingerprint density at radius 3 is 2.32 bits per heavy atom. The number of carbonyl (C=O) groups excluding carboxylic acids is 1. The first-order chi connectivity index (χ1) is 13.4. The highest BCUT2D eigenvalue weighted by Crippen LogP contribution is 2.25. The number of ketones is 1. The zero-order valence-corrected chi connectivity index (χ0v) is 18.4. The maximum absolute atomic E-state index is 11.9. The van der Waals surface area contributed by atoms with Gasteiger partial charge in [0, 0.05) is 37.8 Å². The summed E-state index contributed by atoms with van der Waals surface area (Å²) in [4.78, 5) is 19.5. The molecule has 0 unspecified atom stereocenters. The number of piperidine rings is 1. The molecule has 0 atom stereocenters. The van der Waals surface area contributed by atoms with Crippen LogP contribution < -0.4 is 4.90 Å². The summed E-state index contributed by atoms with van der Waals surface area (Å²) in [5.74, 6) is 1.39. The number of carbonyl (C=O) groups is 1. The Labute approximate surface area is 171 Å². The molecule has 2 aliphatic heterocycles. The van der Waals surface area contributed by atoms with Crippen molar-refractivity contribution < 1.29 is 4.79 Å². The van der Waals surface area contributed by atoms with Gasteiger partial charge in [0.15, 0.2) is 0 Å². The Morgan fingerprint density at radius 1 is 1.00 bits per heavy atom. The van der Waals surface area contributed by atoms with E-state index in [1.807, 2.05) is 13.8 Å². The average Bonchev–Trinajstić information content (AvgIpc) is 2.70. The minimum absolute atomic E-state index is 0.167. The highest BCUT2D eigenvalue weighted by atomic mass is 16.1. The SMILES string of the molecule is Cc1cccc(N2CCN(CCC3CCN(CC(=O)C(C)C)CC3)CC2)c1C. The van der Waals surface area contributed by atoms with Gasteiger partial charge in [-0.1, -0.05) is 26.0 Å². The quantitative estimate of drug-likeness (QED) is 0.714. The van der Waals surface area contributed by atoms with Crippen molar-refractivity contribution in [3.63, 3.8) is 0 Å². The van der Waals surface area contributed by atoms with E-state index in [-0.39, 0.29) is 5.92 Å². The molecule has 2 heterocycles. The van der Waals surface area contributed by atoms with Gasteiger partial charge >= 0.3 is 0 Å². The minimum atomic E-state index is 0.167. The molecular weight excluding hydrogens is 346 g/mol. The lowest BCUT2D eigenvalue weighted by molar-refractivity contribution is -0.123. The Balaban J connectivity index is 1.36. The number of hydrogen-bond donors (Lipinski definition) is 0. The van der Waals surface area contributed by atoms with Crippen molar-refractivity contribution in [3.05, 3.63) is 29.3 Å². The smallest absolute Gasteiger partial charge is 0.149 e. The molecule has 0 amide bonds. The van der Waals surface area contributed by atoms with E-state index in [2.05, 4.69) is 46.7 Å². The number of nitrogens with zero attached hydrogens (tertiary/aromatic N) is 3. The number of anilines is 1. The van der Waals surface area contributed by atoms with E-state index in [1.165, 1.54) is 55.7 Å². The predicted molar refractivity (Wildman–Crippen MR) is 118 cm³/mol. The fourth-order valence-electron chi connectivity index (χ4n) is 4.49. The third-order valence-corrected chi connectivity index (χ3v) is 6.87. The first kappa shape index (κ1) is 21.3. The lowest BCUT2D eigenvalue weighted by Crippen LogP contribution is -2.47. The van der Waals surface area contributed by atoms with Gasteiger partial charge in [0.25, 0.3) is 0 Å². The van der Waals surface area contributed by atoms with Gasteiger partial charge in [0.2, 0.25) is 0 Å². The molecular formula is C24H39N3O. The fraction of sp³-hybridized carbons (Fsp3) is 0.708. The lowest BCUT2D eigenvalue weighted by atomic mass is 9.93. The van der Waals surface area contributed by atoms with Crippen molar-refractivity contribution in [2.45, 2.75) is 47.0 Å². The molecule has 4 heteroatoms. The number of hydrogen-bond acceptors (Lipinski definition) is 4. The molecule has 0 aromatic heterocycles. The van der Waals surface area contributed by atoms with E-state index >= 15 is 0 Å². The molecule has 0 saturated carbocycles. The normalized spacial score (nSPS) is 20.1. The van der Waals surface area contributed by atoms with Gasteiger partial charge < -0.3 is 4.90 Å². The number of piperazine rings is 1. The predicted octanol–water partition coefficient (Wildman–Crippen LogP) is 3.75. The molecule has 4 nitrogen and oxygen atoms in total. The molecule has 1 aromatic carbocycles. The molecule has 0 bridgehead atoms. The standard InChI is InChI=1S/C24H39N3O/c1-19(2)24(28)18-26-12-9-22(10-13-26)8-11-25-14-16-27(17-15-25)23-7-5-6-20(3)21(23)4/h5-7,19,22H,8-18H2,1-4H3. The molecule has 1 aromatic rings. The van der Waals surface area contributed by atoms with Gasteiger partial charge in [-0.2, -0.15) is 0 Å². The summed E-state index contributed by atoms with van der Waals surface area (Å²) in [5.41, 5.74) is 4.24. The summed E-state index contributed by atoms with van der Waals surface area (Å²) in [5, 5.41) is 0. The van der Waals surface area contributed by atoms with Crippen molar-refractivity contribution >= 4 is 11.5 Å². The fourth-order valence-corrected chi connectivity index (χ4v) is 4.49. The molecule has 0 radical (unpaired) electrons. The molecule has 0 aliphatic carbocycles. The van der Waals surface area contributed by atoms with Crippen LogP contribution >= 0.6 is 0 Å². The van der Waals surface area contributed by atoms with Crippen LogP contribution in [0.15, 0.2) is 18.2 Å². The third kappa shape index (κ3) is 5.57. The Bertz CT molecular complexity index is 641. The van der Waals surface area contributed by atoms with Crippen LogP contribution in [0.2, 0.25) is 0 Å². The Kier molecular flexibility index (Phi) is 7.53. The largest absolute Gasteiger partial charge is 0.369 e. The van der Waals surface area contributed by atoms with Crippen LogP contribution in [-0.4, -0.2) is 67.9 Å². The average molecular weight is 386 g/mol. The summed E-state index contributed by atoms with van der Waals surface area (Å²) in [6.45, 7) is 17.2. The minimum Gasteiger partial charge on any atom is -0.369 e. The van der Waals surface area contributed by atoms with Crippen LogP contribution in [0.3, 0.4) is 0 Å². The topological polar surface area (TPSA) is 26.8 Å². The third-order valence-electron chi connectivity index (χ3n) is 6.87. The lowest BCUT2D eigenvalue weighted by Gasteiger charge is -2.38. The van der Waals surface area contributed by atoms with Crippen LogP contribution in [0.5, 0.6) is 0 Å². The Morgan fingerprint density at radius 2 is 1.68 bits per heavy atom. The summed E-state index contributed by atoms with van der Waals surface area (Å²) in [7, 11) is 0. The highest BCUT2D eigenvalue weighted by Gasteiger charge is 2.23. The summed E-state index contributed by atoms with van der Waals surface area (Å²) in [6.07, 6.45) is 3.83. The van der Waals surface area contributed by atoms with Crippen molar-refractivity contribution in [2.75, 3.05) is 57.3 Å². The summed E-state index contributed by atoms with van der Waals surface area (Å²) >= 11 is 0. The van der Waals surface area contributed by atoms with E-state index in [0.717, 1.165) is 32.1 Å². The molecule has 2 aliphatic rings. The van der Waals surface area contributed by atoms with Gasteiger partial charge in [-0.3, -0.25) is 14.6 Å². The number of likely N-dealkylation sites (tertiary alicyclic amines) is 1. The van der Waals surface area contributed by atoms with Crippen molar-refractivity contribution in [2.24, 2.45) is 11.8 Å². The number of benzene rings is 1. The highest BCUT2D eigenvalue weighted by molar-refractivity contribution is 5.82. The number of Topliss-reactive ketones (excluding diaryl/α,β-unsaturated/α-hetero) is 1. The van der Waals surface area contributed by atoms with Crippen LogP contribution in [-0.2, 0) is 4.79 Å². The van der Waals surface area contributed by atoms with E-state index in [1.54, 1.807) is 0 Å². The van der Waals surface area contributed by atoms with Crippen LogP contribution in [0.4, 0.5) is 5.69 Å². The molecule has 2 saturated heterocycles. The van der Waals surface area contributed by atoms with Crippen LogP contribution in [0, 0.1) is 25.7 Å².